The van der Waals surface area contributed by atoms with Gasteiger partial charge in [0.25, 0.3) is 0 Å². The second-order valence-corrected chi connectivity index (χ2v) is 12.6. The van der Waals surface area contributed by atoms with E-state index < -0.39 is 11.8 Å². The van der Waals surface area contributed by atoms with Crippen LogP contribution < -0.4 is 4.74 Å². The fourth-order valence-electron chi connectivity index (χ4n) is 5.05. The Kier molecular flexibility index (Phi) is 13.4. The Bertz CT molecular complexity index is 1510. The first kappa shape index (κ1) is 36.6. The summed E-state index contributed by atoms with van der Waals surface area (Å²) in [6, 6.07) is 5.98. The van der Waals surface area contributed by atoms with Gasteiger partial charge in [0.05, 0.1) is 0 Å². The summed E-state index contributed by atoms with van der Waals surface area (Å²) in [5, 5.41) is 15.7. The molecule has 252 valence electrons. The Balaban J connectivity index is 0.000000267. The molecule has 2 aromatic carbocycles. The Morgan fingerprint density at radius 3 is 1.64 bits per heavy atom. The molecule has 2 saturated heterocycles. The molecule has 2 fully saturated rings. The third-order valence-electron chi connectivity index (χ3n) is 7.60. The van der Waals surface area contributed by atoms with Crippen molar-refractivity contribution >= 4 is 41.5 Å². The minimum atomic E-state index is -0.856. The van der Waals surface area contributed by atoms with Gasteiger partial charge in [-0.1, -0.05) is 0 Å². The van der Waals surface area contributed by atoms with Crippen LogP contribution in [0.4, 0.5) is 16.2 Å². The summed E-state index contributed by atoms with van der Waals surface area (Å²) in [6.45, 7) is 11.6. The molecule has 12 heteroatoms. The van der Waals surface area contributed by atoms with Crippen molar-refractivity contribution in [3.8, 4) is 11.5 Å². The van der Waals surface area contributed by atoms with Gasteiger partial charge in [-0.2, -0.15) is 0 Å². The molecule has 2 aromatic rings. The molecular formula is C35H44N4O8. The molecule has 4 rings (SSSR count). The maximum Gasteiger partial charge on any atom is 0.514 e. The molecular weight excluding hydrogens is 604 g/mol. The number of carbonyl (C=O) groups is 3. The summed E-state index contributed by atoms with van der Waals surface area (Å²) in [5.41, 5.74) is 1.79. The Morgan fingerprint density at radius 2 is 1.17 bits per heavy atom. The summed E-state index contributed by atoms with van der Waals surface area (Å²) >= 11 is 0. The monoisotopic (exact) mass is 648 g/mol. The molecule has 0 saturated carbocycles. The van der Waals surface area contributed by atoms with Crippen LogP contribution in [0.5, 0.6) is 11.5 Å². The summed E-state index contributed by atoms with van der Waals surface area (Å²) in [5.74, 6) is 0.0684. The molecule has 0 spiro atoms. The van der Waals surface area contributed by atoms with Crippen molar-refractivity contribution in [2.24, 2.45) is 10.4 Å². The number of nitroso groups, excluding NO2 is 2. The number of ether oxygens (including phenoxy) is 2. The maximum absolute atomic E-state index is 12.3. The highest BCUT2D eigenvalue weighted by Crippen LogP contribution is 2.31. The molecule has 2 heterocycles. The molecule has 0 unspecified atom stereocenters. The zero-order valence-electron chi connectivity index (χ0n) is 27.8. The molecule has 0 atom stereocenters. The number of amides is 2. The fraction of sp³-hybridized carbons (Fsp3) is 0.457. The summed E-state index contributed by atoms with van der Waals surface area (Å²) < 4.78 is 10.5. The van der Waals surface area contributed by atoms with Crippen LogP contribution in [0.2, 0.25) is 0 Å². The lowest BCUT2D eigenvalue weighted by Gasteiger charge is -2.25. The SMILES string of the molecule is Cc1cc(O)c(/C=C/C(=O)N2CCCCC2)cc1N=O.Cc1cc(OC(=O)OC(C)(C)C)c(/C=C/C(=O)N2CCCCC2)cc1N=O. The lowest BCUT2D eigenvalue weighted by atomic mass is 10.1. The molecule has 12 nitrogen and oxygen atoms in total. The third-order valence-corrected chi connectivity index (χ3v) is 7.60. The number of aromatic hydroxyl groups is 1. The van der Waals surface area contributed by atoms with Crippen LogP contribution in [0, 0.1) is 23.7 Å². The number of hydrogen-bond donors (Lipinski definition) is 1. The maximum atomic E-state index is 12.3. The van der Waals surface area contributed by atoms with E-state index in [9.17, 15) is 29.3 Å². The van der Waals surface area contributed by atoms with Gasteiger partial charge in [-0.05, 0) is 131 Å². The lowest BCUT2D eigenvalue weighted by Crippen LogP contribution is -2.34. The normalized spacial score (nSPS) is 15.2. The van der Waals surface area contributed by atoms with Gasteiger partial charge in [-0.3, -0.25) is 9.59 Å². The van der Waals surface area contributed by atoms with Crippen LogP contribution in [0.3, 0.4) is 0 Å². The highest BCUT2D eigenvalue weighted by Gasteiger charge is 2.20. The second kappa shape index (κ2) is 17.2. The number of likely N-dealkylation sites (tertiary alicyclic amines) is 2. The van der Waals surface area contributed by atoms with Crippen LogP contribution in [0.15, 0.2) is 46.8 Å². The van der Waals surface area contributed by atoms with Crippen molar-refractivity contribution in [1.29, 1.82) is 0 Å². The van der Waals surface area contributed by atoms with Crippen LogP contribution in [0.1, 0.15) is 81.5 Å². The van der Waals surface area contributed by atoms with Gasteiger partial charge in [0, 0.05) is 49.5 Å². The van der Waals surface area contributed by atoms with Crippen molar-refractivity contribution in [1.82, 2.24) is 9.80 Å². The Morgan fingerprint density at radius 1 is 0.723 bits per heavy atom. The lowest BCUT2D eigenvalue weighted by molar-refractivity contribution is -0.127. The molecule has 0 radical (unpaired) electrons. The molecule has 2 aliphatic rings. The second-order valence-electron chi connectivity index (χ2n) is 12.6. The predicted molar refractivity (Wildman–Crippen MR) is 181 cm³/mol. The highest BCUT2D eigenvalue weighted by atomic mass is 16.7. The van der Waals surface area contributed by atoms with E-state index in [4.69, 9.17) is 9.47 Å². The highest BCUT2D eigenvalue weighted by molar-refractivity contribution is 5.93. The van der Waals surface area contributed by atoms with Gasteiger partial charge in [0.1, 0.15) is 28.5 Å². The van der Waals surface area contributed by atoms with Gasteiger partial charge in [-0.15, -0.1) is 9.81 Å². The zero-order valence-corrected chi connectivity index (χ0v) is 27.8. The Hall–Kier alpha value is -4.87. The van der Waals surface area contributed by atoms with Crippen molar-refractivity contribution < 1.29 is 29.0 Å². The van der Waals surface area contributed by atoms with Crippen molar-refractivity contribution in [2.75, 3.05) is 26.2 Å². The third kappa shape index (κ3) is 11.5. The van der Waals surface area contributed by atoms with Crippen molar-refractivity contribution in [3.05, 3.63) is 68.5 Å². The molecule has 2 aliphatic heterocycles. The van der Waals surface area contributed by atoms with Gasteiger partial charge in [0.15, 0.2) is 0 Å². The van der Waals surface area contributed by atoms with E-state index in [2.05, 4.69) is 10.4 Å². The first-order valence-corrected chi connectivity index (χ1v) is 15.8. The quantitative estimate of drug-likeness (QED) is 0.138. The van der Waals surface area contributed by atoms with E-state index in [1.807, 2.05) is 0 Å². The number of nitrogens with zero attached hydrogens (tertiary/aromatic N) is 4. The van der Waals surface area contributed by atoms with Crippen molar-refractivity contribution in [3.63, 3.8) is 0 Å². The average molecular weight is 649 g/mol. The number of piperidine rings is 2. The zero-order chi connectivity index (χ0) is 34.6. The van der Waals surface area contributed by atoms with Crippen LogP contribution in [0.25, 0.3) is 12.2 Å². The first-order valence-electron chi connectivity index (χ1n) is 15.8. The number of phenolic OH excluding ortho intramolecular Hbond substituents is 1. The molecule has 1 N–H and O–H groups in total. The number of phenols is 1. The number of hydrogen-bond acceptors (Lipinski definition) is 10. The minimum Gasteiger partial charge on any atom is -0.507 e. The number of aryl methyl sites for hydroxylation is 2. The van der Waals surface area contributed by atoms with E-state index in [-0.39, 0.29) is 34.7 Å². The van der Waals surface area contributed by atoms with Crippen LogP contribution in [-0.4, -0.2) is 64.7 Å². The number of rotatable bonds is 7. The largest absolute Gasteiger partial charge is 0.514 e. The van der Waals surface area contributed by atoms with E-state index >= 15 is 0 Å². The number of benzene rings is 2. The van der Waals surface area contributed by atoms with E-state index in [1.54, 1.807) is 44.4 Å². The first-order chi connectivity index (χ1) is 22.3. The standard InChI is InChI=1S/C20H26N2O5.C15H18N2O3/c1-14-12-17(26-19(24)27-20(2,3)4)15(13-16(14)21-25)8-9-18(23)22-10-6-5-7-11-22;1-11-9-14(18)12(10-13(11)16-20)5-6-15(19)17-7-3-2-4-8-17/h8-9,12-13H,5-7,10-11H2,1-4H3;5-6,9-10,18H,2-4,7-8H2,1H3/b9-8+;6-5+. The predicted octanol–water partition coefficient (Wildman–Crippen LogP) is 7.86. The summed E-state index contributed by atoms with van der Waals surface area (Å²) in [6.07, 6.45) is 11.4. The van der Waals surface area contributed by atoms with E-state index in [0.717, 1.165) is 58.3 Å². The van der Waals surface area contributed by atoms with Gasteiger partial charge >= 0.3 is 6.16 Å². The molecule has 2 amide bonds. The van der Waals surface area contributed by atoms with E-state index in [0.29, 0.717) is 22.3 Å². The van der Waals surface area contributed by atoms with E-state index in [1.165, 1.54) is 55.0 Å². The Labute approximate surface area is 275 Å². The fourth-order valence-corrected chi connectivity index (χ4v) is 5.05. The summed E-state index contributed by atoms with van der Waals surface area (Å²) in [7, 11) is 0. The minimum absolute atomic E-state index is 0.0394. The van der Waals surface area contributed by atoms with Gasteiger partial charge in [0.2, 0.25) is 11.8 Å². The number of carbonyl (C=O) groups excluding carboxylic acids is 3. The van der Waals surface area contributed by atoms with Gasteiger partial charge in [-0.25, -0.2) is 4.79 Å². The van der Waals surface area contributed by atoms with Crippen LogP contribution in [-0.2, 0) is 14.3 Å². The van der Waals surface area contributed by atoms with Gasteiger partial charge < -0.3 is 24.4 Å². The molecule has 0 bridgehead atoms. The smallest absolute Gasteiger partial charge is 0.507 e. The summed E-state index contributed by atoms with van der Waals surface area (Å²) in [4.78, 5) is 61.5. The van der Waals surface area contributed by atoms with Crippen molar-refractivity contribution in [2.45, 2.75) is 78.7 Å². The topological polar surface area (TPSA) is 155 Å². The average Bonchev–Trinajstić information content (AvgIpc) is 3.04. The molecule has 0 aliphatic carbocycles. The molecule has 47 heavy (non-hydrogen) atoms. The van der Waals surface area contributed by atoms with Crippen LogP contribution >= 0.6 is 0 Å². The molecule has 0 aromatic heterocycles.